The second kappa shape index (κ2) is 4.50. The molecule has 3 aromatic heterocycles. The van der Waals surface area contributed by atoms with Crippen molar-refractivity contribution >= 4 is 74.1 Å². The third kappa shape index (κ3) is 1.50. The number of benzene rings is 3. The fraction of sp³-hybridized carbons (Fsp3) is 0. The molecule has 0 spiro atoms. The normalized spacial score (nSPS) is 12.2. The van der Waals surface area contributed by atoms with Gasteiger partial charge in [-0.05, 0) is 12.1 Å². The minimum Gasteiger partial charge on any atom is -0.252 e. The average Bonchev–Trinajstić information content (AvgIpc) is 3.21. The molecule has 0 aliphatic heterocycles. The lowest BCUT2D eigenvalue weighted by atomic mass is 10.1. The SMILES string of the molecule is c1ccc2c(c1)sc1c3sc4ccccc4c3c3nccnc3c21. The van der Waals surface area contributed by atoms with E-state index in [1.54, 1.807) is 12.4 Å². The summed E-state index contributed by atoms with van der Waals surface area (Å²) in [6, 6.07) is 17.2. The number of hydrogen-bond donors (Lipinski definition) is 0. The fourth-order valence-corrected chi connectivity index (χ4v) is 6.13. The number of nitrogens with zero attached hydrogens (tertiary/aromatic N) is 2. The number of thiophene rings is 2. The summed E-state index contributed by atoms with van der Waals surface area (Å²) in [5.74, 6) is 0. The highest BCUT2D eigenvalue weighted by Crippen LogP contribution is 2.47. The molecule has 112 valence electrons. The highest BCUT2D eigenvalue weighted by molar-refractivity contribution is 7.33. The third-order valence-corrected chi connectivity index (χ3v) is 7.07. The molecule has 0 bridgehead atoms. The lowest BCUT2D eigenvalue weighted by Crippen LogP contribution is -1.84. The monoisotopic (exact) mass is 342 g/mol. The van der Waals surface area contributed by atoms with E-state index in [2.05, 4.69) is 48.5 Å². The first-order valence-corrected chi connectivity index (χ1v) is 9.40. The standard InChI is InChI=1S/C20H10N2S2/c1-3-7-13-11(5-1)15-17-18(22-10-9-21-17)16-12-6-2-4-8-14(12)24-20(16)19(15)23-13/h1-10H. The van der Waals surface area contributed by atoms with Crippen LogP contribution in [0, 0.1) is 0 Å². The van der Waals surface area contributed by atoms with Crippen LogP contribution in [-0.4, -0.2) is 9.97 Å². The van der Waals surface area contributed by atoms with Gasteiger partial charge in [0.1, 0.15) is 0 Å². The minimum absolute atomic E-state index is 1.01. The van der Waals surface area contributed by atoms with E-state index in [0.29, 0.717) is 0 Å². The molecule has 0 amide bonds. The maximum atomic E-state index is 4.72. The van der Waals surface area contributed by atoms with Gasteiger partial charge in [0.2, 0.25) is 0 Å². The van der Waals surface area contributed by atoms with E-state index in [1.165, 1.54) is 40.3 Å². The lowest BCUT2D eigenvalue weighted by molar-refractivity contribution is 1.31. The largest absolute Gasteiger partial charge is 0.252 e. The van der Waals surface area contributed by atoms with Crippen LogP contribution in [0.25, 0.3) is 51.4 Å². The van der Waals surface area contributed by atoms with Crippen LogP contribution in [0.3, 0.4) is 0 Å². The third-order valence-electron chi connectivity index (χ3n) is 4.57. The van der Waals surface area contributed by atoms with Crippen molar-refractivity contribution in [1.29, 1.82) is 0 Å². The van der Waals surface area contributed by atoms with E-state index in [-0.39, 0.29) is 0 Å². The molecule has 0 saturated heterocycles. The Hall–Kier alpha value is -2.56. The number of aromatic nitrogens is 2. The Morgan fingerprint density at radius 2 is 1.04 bits per heavy atom. The quantitative estimate of drug-likeness (QED) is 0.321. The number of fused-ring (bicyclic) bond motifs is 10. The summed E-state index contributed by atoms with van der Waals surface area (Å²) in [5.41, 5.74) is 2.03. The molecule has 6 aromatic rings. The van der Waals surface area contributed by atoms with Gasteiger partial charge in [0.25, 0.3) is 0 Å². The fourth-order valence-electron chi connectivity index (χ4n) is 3.58. The van der Waals surface area contributed by atoms with Crippen molar-refractivity contribution in [3.05, 3.63) is 60.9 Å². The molecule has 4 heteroatoms. The molecule has 0 fully saturated rings. The van der Waals surface area contributed by atoms with Gasteiger partial charge in [0, 0.05) is 43.3 Å². The molecule has 3 heterocycles. The Balaban J connectivity index is 2.07. The molecule has 0 aliphatic carbocycles. The molecule has 3 aromatic carbocycles. The Morgan fingerprint density at radius 1 is 0.583 bits per heavy atom. The zero-order valence-corrected chi connectivity index (χ0v) is 14.1. The van der Waals surface area contributed by atoms with Gasteiger partial charge in [-0.3, -0.25) is 9.97 Å². The Bertz CT molecular complexity index is 1300. The van der Waals surface area contributed by atoms with E-state index >= 15 is 0 Å². The van der Waals surface area contributed by atoms with Gasteiger partial charge in [-0.1, -0.05) is 36.4 Å². The Kier molecular flexibility index (Phi) is 2.40. The molecule has 0 saturated carbocycles. The summed E-state index contributed by atoms with van der Waals surface area (Å²) >= 11 is 3.73. The summed E-state index contributed by atoms with van der Waals surface area (Å²) in [7, 11) is 0. The molecule has 24 heavy (non-hydrogen) atoms. The highest BCUT2D eigenvalue weighted by atomic mass is 32.1. The predicted molar refractivity (Wildman–Crippen MR) is 105 cm³/mol. The van der Waals surface area contributed by atoms with Gasteiger partial charge in [0.05, 0.1) is 20.4 Å². The first-order valence-electron chi connectivity index (χ1n) is 7.77. The zero-order valence-electron chi connectivity index (χ0n) is 12.5. The van der Waals surface area contributed by atoms with Crippen molar-refractivity contribution in [2.24, 2.45) is 0 Å². The molecular weight excluding hydrogens is 332 g/mol. The maximum absolute atomic E-state index is 4.72. The van der Waals surface area contributed by atoms with E-state index in [9.17, 15) is 0 Å². The smallest absolute Gasteiger partial charge is 0.0987 e. The average molecular weight is 342 g/mol. The predicted octanol–water partition coefficient (Wildman–Crippen LogP) is 6.37. The number of hydrogen-bond acceptors (Lipinski definition) is 4. The van der Waals surface area contributed by atoms with Gasteiger partial charge in [-0.15, -0.1) is 22.7 Å². The first kappa shape index (κ1) is 12.8. The zero-order chi connectivity index (χ0) is 15.7. The minimum atomic E-state index is 1.01. The van der Waals surface area contributed by atoms with Crippen molar-refractivity contribution in [2.75, 3.05) is 0 Å². The summed E-state index contributed by atoms with van der Waals surface area (Å²) in [6.07, 6.45) is 3.60. The van der Waals surface area contributed by atoms with Crippen molar-refractivity contribution in [3.8, 4) is 0 Å². The molecule has 2 nitrogen and oxygen atoms in total. The van der Waals surface area contributed by atoms with Crippen LogP contribution < -0.4 is 0 Å². The molecule has 0 atom stereocenters. The maximum Gasteiger partial charge on any atom is 0.0987 e. The van der Waals surface area contributed by atoms with E-state index in [0.717, 1.165) is 11.0 Å². The van der Waals surface area contributed by atoms with E-state index < -0.39 is 0 Å². The summed E-state index contributed by atoms with van der Waals surface area (Å²) in [5, 5.41) is 5.06. The van der Waals surface area contributed by atoms with Crippen molar-refractivity contribution in [3.63, 3.8) is 0 Å². The lowest BCUT2D eigenvalue weighted by Gasteiger charge is -2.02. The van der Waals surface area contributed by atoms with Crippen LogP contribution in [0.15, 0.2) is 60.9 Å². The van der Waals surface area contributed by atoms with Gasteiger partial charge in [-0.2, -0.15) is 0 Å². The topological polar surface area (TPSA) is 25.8 Å². The van der Waals surface area contributed by atoms with Gasteiger partial charge >= 0.3 is 0 Å². The van der Waals surface area contributed by atoms with Crippen molar-refractivity contribution in [2.45, 2.75) is 0 Å². The van der Waals surface area contributed by atoms with Crippen LogP contribution in [0.2, 0.25) is 0 Å². The number of rotatable bonds is 0. The molecule has 0 N–H and O–H groups in total. The molecular formula is C20H10N2S2. The van der Waals surface area contributed by atoms with E-state index in [4.69, 9.17) is 9.97 Å². The van der Waals surface area contributed by atoms with Crippen LogP contribution in [-0.2, 0) is 0 Å². The molecule has 0 unspecified atom stereocenters. The van der Waals surface area contributed by atoms with Gasteiger partial charge in [-0.25, -0.2) is 0 Å². The molecule has 6 rings (SSSR count). The summed E-state index contributed by atoms with van der Waals surface area (Å²) in [6.45, 7) is 0. The second-order valence-corrected chi connectivity index (χ2v) is 7.96. The molecule has 0 radical (unpaired) electrons. The van der Waals surface area contributed by atoms with Crippen LogP contribution in [0.1, 0.15) is 0 Å². The van der Waals surface area contributed by atoms with Crippen LogP contribution >= 0.6 is 22.7 Å². The van der Waals surface area contributed by atoms with E-state index in [1.807, 2.05) is 22.7 Å². The highest BCUT2D eigenvalue weighted by Gasteiger charge is 2.18. The second-order valence-electron chi connectivity index (χ2n) is 5.86. The van der Waals surface area contributed by atoms with Crippen LogP contribution in [0.5, 0.6) is 0 Å². The van der Waals surface area contributed by atoms with Crippen molar-refractivity contribution in [1.82, 2.24) is 9.97 Å². The van der Waals surface area contributed by atoms with Crippen molar-refractivity contribution < 1.29 is 0 Å². The summed E-state index contributed by atoms with van der Waals surface area (Å²) < 4.78 is 5.29. The Labute approximate surface area is 145 Å². The van der Waals surface area contributed by atoms with Crippen LogP contribution in [0.4, 0.5) is 0 Å². The van der Waals surface area contributed by atoms with Gasteiger partial charge < -0.3 is 0 Å². The first-order chi connectivity index (χ1) is 11.9. The van der Waals surface area contributed by atoms with Gasteiger partial charge in [0.15, 0.2) is 0 Å². The summed E-state index contributed by atoms with van der Waals surface area (Å²) in [4.78, 5) is 9.43. The Morgan fingerprint density at radius 3 is 1.54 bits per heavy atom. The molecule has 0 aliphatic rings.